The lowest BCUT2D eigenvalue weighted by atomic mass is 9.81. The number of hydrogen-bond acceptors (Lipinski definition) is 4. The number of methoxy groups -OCH3 is 1. The third kappa shape index (κ3) is 4.19. The number of rotatable bonds is 8. The highest BCUT2D eigenvalue weighted by Gasteiger charge is 2.33. The zero-order valence-corrected chi connectivity index (χ0v) is 13.1. The maximum atomic E-state index is 12.3. The standard InChI is InChI=1S/C16H26N2O3/c1-4-16(5-2,11-17)15(20)18-10-14(19)12-7-6-8-13(9-12)21-3/h6-9,14,19H,4-5,10-11,17H2,1-3H3,(H,18,20). The Morgan fingerprint density at radius 3 is 2.62 bits per heavy atom. The van der Waals surface area contributed by atoms with Crippen LogP contribution in [0.1, 0.15) is 38.4 Å². The first kappa shape index (κ1) is 17.5. The summed E-state index contributed by atoms with van der Waals surface area (Å²) < 4.78 is 5.12. The summed E-state index contributed by atoms with van der Waals surface area (Å²) in [6.07, 6.45) is 0.593. The average Bonchev–Trinajstić information content (AvgIpc) is 2.54. The van der Waals surface area contributed by atoms with Crippen LogP contribution in [-0.4, -0.2) is 31.2 Å². The average molecular weight is 294 g/mol. The van der Waals surface area contributed by atoms with Crippen molar-refractivity contribution >= 4 is 5.91 Å². The van der Waals surface area contributed by atoms with E-state index in [2.05, 4.69) is 5.32 Å². The van der Waals surface area contributed by atoms with Crippen LogP contribution in [0.15, 0.2) is 24.3 Å². The Morgan fingerprint density at radius 2 is 2.10 bits per heavy atom. The van der Waals surface area contributed by atoms with Gasteiger partial charge in [0, 0.05) is 13.1 Å². The number of aliphatic hydroxyl groups is 1. The van der Waals surface area contributed by atoms with Gasteiger partial charge in [-0.3, -0.25) is 4.79 Å². The molecular weight excluding hydrogens is 268 g/mol. The van der Waals surface area contributed by atoms with Crippen molar-refractivity contribution in [1.82, 2.24) is 5.32 Å². The van der Waals surface area contributed by atoms with Crippen LogP contribution in [0.25, 0.3) is 0 Å². The van der Waals surface area contributed by atoms with Crippen LogP contribution in [0.3, 0.4) is 0 Å². The van der Waals surface area contributed by atoms with Crippen molar-refractivity contribution in [3.8, 4) is 5.75 Å². The topological polar surface area (TPSA) is 84.6 Å². The Balaban J connectivity index is 2.67. The summed E-state index contributed by atoms with van der Waals surface area (Å²) in [5.41, 5.74) is 5.91. The molecule has 0 saturated heterocycles. The van der Waals surface area contributed by atoms with E-state index in [-0.39, 0.29) is 12.5 Å². The smallest absolute Gasteiger partial charge is 0.227 e. The Bertz CT molecular complexity index is 450. The summed E-state index contributed by atoms with van der Waals surface area (Å²) in [6, 6.07) is 7.17. The second kappa shape index (κ2) is 8.00. The van der Waals surface area contributed by atoms with Gasteiger partial charge in [0.2, 0.25) is 5.91 Å². The quantitative estimate of drug-likeness (QED) is 0.680. The minimum atomic E-state index is -0.770. The molecule has 5 nitrogen and oxygen atoms in total. The molecule has 118 valence electrons. The van der Waals surface area contributed by atoms with Crippen molar-refractivity contribution in [2.45, 2.75) is 32.8 Å². The van der Waals surface area contributed by atoms with E-state index in [1.807, 2.05) is 26.0 Å². The van der Waals surface area contributed by atoms with Crippen LogP contribution in [-0.2, 0) is 4.79 Å². The van der Waals surface area contributed by atoms with E-state index in [0.717, 1.165) is 0 Å². The molecule has 1 unspecified atom stereocenters. The molecular formula is C16H26N2O3. The molecule has 0 spiro atoms. The van der Waals surface area contributed by atoms with Gasteiger partial charge in [-0.05, 0) is 30.5 Å². The van der Waals surface area contributed by atoms with Gasteiger partial charge in [0.05, 0.1) is 18.6 Å². The summed E-state index contributed by atoms with van der Waals surface area (Å²) in [5.74, 6) is 0.577. The number of nitrogens with one attached hydrogen (secondary N) is 1. The van der Waals surface area contributed by atoms with Crippen LogP contribution >= 0.6 is 0 Å². The minimum Gasteiger partial charge on any atom is -0.497 e. The third-order valence-corrected chi connectivity index (χ3v) is 4.16. The molecule has 1 atom stereocenters. The number of nitrogens with two attached hydrogens (primary N) is 1. The molecule has 21 heavy (non-hydrogen) atoms. The van der Waals surface area contributed by atoms with Gasteiger partial charge >= 0.3 is 0 Å². The van der Waals surface area contributed by atoms with Crippen molar-refractivity contribution in [3.05, 3.63) is 29.8 Å². The molecule has 0 saturated carbocycles. The largest absolute Gasteiger partial charge is 0.497 e. The van der Waals surface area contributed by atoms with Crippen LogP contribution < -0.4 is 15.8 Å². The molecule has 0 heterocycles. The molecule has 0 aliphatic carbocycles. The maximum absolute atomic E-state index is 12.3. The molecule has 0 aliphatic heterocycles. The Morgan fingerprint density at radius 1 is 1.43 bits per heavy atom. The zero-order chi connectivity index (χ0) is 15.9. The summed E-state index contributed by atoms with van der Waals surface area (Å²) in [7, 11) is 1.57. The summed E-state index contributed by atoms with van der Waals surface area (Å²) in [5, 5.41) is 13.0. The molecule has 1 rings (SSSR count). The van der Waals surface area contributed by atoms with Crippen LogP contribution in [0, 0.1) is 5.41 Å². The predicted octanol–water partition coefficient (Wildman–Crippen LogP) is 1.61. The third-order valence-electron chi connectivity index (χ3n) is 4.16. The molecule has 1 aromatic carbocycles. The molecule has 0 fully saturated rings. The van der Waals surface area contributed by atoms with Crippen molar-refractivity contribution in [1.29, 1.82) is 0 Å². The lowest BCUT2D eigenvalue weighted by Gasteiger charge is -2.29. The summed E-state index contributed by atoms with van der Waals surface area (Å²) >= 11 is 0. The summed E-state index contributed by atoms with van der Waals surface area (Å²) in [4.78, 5) is 12.3. The number of aliphatic hydroxyl groups excluding tert-OH is 1. The number of carbonyl (C=O) groups excluding carboxylic acids is 1. The molecule has 0 aromatic heterocycles. The fraction of sp³-hybridized carbons (Fsp3) is 0.562. The molecule has 1 amide bonds. The second-order valence-electron chi connectivity index (χ2n) is 5.19. The van der Waals surface area contributed by atoms with Crippen molar-refractivity contribution in [2.75, 3.05) is 20.2 Å². The zero-order valence-electron chi connectivity index (χ0n) is 13.1. The SMILES string of the molecule is CCC(CC)(CN)C(=O)NCC(O)c1cccc(OC)c1. The second-order valence-corrected chi connectivity index (χ2v) is 5.19. The highest BCUT2D eigenvalue weighted by molar-refractivity contribution is 5.82. The van der Waals surface area contributed by atoms with E-state index in [4.69, 9.17) is 10.5 Å². The van der Waals surface area contributed by atoms with E-state index in [9.17, 15) is 9.90 Å². The highest BCUT2D eigenvalue weighted by Crippen LogP contribution is 2.25. The first-order valence-electron chi connectivity index (χ1n) is 7.33. The van der Waals surface area contributed by atoms with E-state index < -0.39 is 11.5 Å². The minimum absolute atomic E-state index is 0.100. The van der Waals surface area contributed by atoms with Gasteiger partial charge in [0.15, 0.2) is 0 Å². The van der Waals surface area contributed by atoms with Crippen molar-refractivity contribution in [3.63, 3.8) is 0 Å². The van der Waals surface area contributed by atoms with Crippen LogP contribution in [0.4, 0.5) is 0 Å². The van der Waals surface area contributed by atoms with Gasteiger partial charge in [0.1, 0.15) is 5.75 Å². The molecule has 1 aromatic rings. The maximum Gasteiger partial charge on any atom is 0.227 e. The normalized spacial score (nSPS) is 12.8. The molecule has 0 radical (unpaired) electrons. The number of ether oxygens (including phenoxy) is 1. The van der Waals surface area contributed by atoms with Crippen LogP contribution in [0.2, 0.25) is 0 Å². The van der Waals surface area contributed by atoms with Gasteiger partial charge in [-0.25, -0.2) is 0 Å². The van der Waals surface area contributed by atoms with Gasteiger partial charge in [-0.15, -0.1) is 0 Å². The van der Waals surface area contributed by atoms with Crippen molar-refractivity contribution < 1.29 is 14.6 Å². The number of hydrogen-bond donors (Lipinski definition) is 3. The lowest BCUT2D eigenvalue weighted by Crippen LogP contribution is -2.46. The first-order valence-corrected chi connectivity index (χ1v) is 7.33. The monoisotopic (exact) mass is 294 g/mol. The summed E-state index contributed by atoms with van der Waals surface area (Å²) in [6.45, 7) is 4.37. The van der Waals surface area contributed by atoms with E-state index in [1.165, 1.54) is 0 Å². The first-order chi connectivity index (χ1) is 10.0. The van der Waals surface area contributed by atoms with Gasteiger partial charge < -0.3 is 20.9 Å². The number of benzene rings is 1. The molecule has 5 heteroatoms. The Kier molecular flexibility index (Phi) is 6.65. The number of amides is 1. The fourth-order valence-corrected chi connectivity index (χ4v) is 2.30. The molecule has 0 bridgehead atoms. The molecule has 0 aliphatic rings. The molecule has 4 N–H and O–H groups in total. The van der Waals surface area contributed by atoms with Crippen molar-refractivity contribution in [2.24, 2.45) is 11.1 Å². The van der Waals surface area contributed by atoms with E-state index in [1.54, 1.807) is 19.2 Å². The number of carbonyl (C=O) groups is 1. The van der Waals surface area contributed by atoms with Gasteiger partial charge in [0.25, 0.3) is 0 Å². The van der Waals surface area contributed by atoms with Crippen LogP contribution in [0.5, 0.6) is 5.75 Å². The Labute approximate surface area is 126 Å². The van der Waals surface area contributed by atoms with E-state index in [0.29, 0.717) is 30.7 Å². The van der Waals surface area contributed by atoms with E-state index >= 15 is 0 Å². The lowest BCUT2D eigenvalue weighted by molar-refractivity contribution is -0.131. The van der Waals surface area contributed by atoms with Gasteiger partial charge in [-0.2, -0.15) is 0 Å². The Hall–Kier alpha value is -1.59. The fourth-order valence-electron chi connectivity index (χ4n) is 2.30. The highest BCUT2D eigenvalue weighted by atomic mass is 16.5. The predicted molar refractivity (Wildman–Crippen MR) is 83.0 cm³/mol. The van der Waals surface area contributed by atoms with Gasteiger partial charge in [-0.1, -0.05) is 26.0 Å².